The van der Waals surface area contributed by atoms with Crippen LogP contribution in [0.5, 0.6) is 0 Å². The molecule has 5 aromatic rings. The Morgan fingerprint density at radius 1 is 0.824 bits per heavy atom. The molecule has 3 amide bonds. The lowest BCUT2D eigenvalue weighted by Crippen LogP contribution is -2.84. The first-order chi connectivity index (χ1) is 31.9. The quantitative estimate of drug-likeness (QED) is 0.113. The zero-order valence-corrected chi connectivity index (χ0v) is 38.7. The Bertz CT molecular complexity index is 3370. The second-order valence-electron chi connectivity index (χ2n) is 19.0. The van der Waals surface area contributed by atoms with Crippen molar-refractivity contribution < 1.29 is 50.6 Å². The fourth-order valence-corrected chi connectivity index (χ4v) is 15.4. The summed E-state index contributed by atoms with van der Waals surface area (Å²) >= 11 is 0. The second kappa shape index (κ2) is 14.2. The van der Waals surface area contributed by atoms with Crippen LogP contribution in [0.4, 0.5) is 17.1 Å². The number of rotatable bonds is 10. The van der Waals surface area contributed by atoms with Gasteiger partial charge in [0.05, 0.1) is 31.9 Å². The van der Waals surface area contributed by atoms with Gasteiger partial charge in [0, 0.05) is 47.9 Å². The molecule has 1 unspecified atom stereocenters. The second-order valence-corrected chi connectivity index (χ2v) is 22.6. The molecule has 0 saturated carbocycles. The number of ether oxygens (including phenoxy) is 1. The van der Waals surface area contributed by atoms with Crippen molar-refractivity contribution in [2.24, 2.45) is 5.41 Å². The van der Waals surface area contributed by atoms with Crippen LogP contribution in [-0.2, 0) is 49.4 Å². The molecule has 5 aliphatic heterocycles. The van der Waals surface area contributed by atoms with E-state index in [-0.39, 0.29) is 47.1 Å². The van der Waals surface area contributed by atoms with Crippen LogP contribution < -0.4 is 9.62 Å². The van der Waals surface area contributed by atoms with Crippen molar-refractivity contribution in [3.05, 3.63) is 135 Å². The normalized spacial score (nSPS) is 26.6. The smallest absolute Gasteiger partial charge is 0.289 e. The van der Waals surface area contributed by atoms with Gasteiger partial charge in [-0.25, -0.2) is 20.8 Å². The van der Waals surface area contributed by atoms with Gasteiger partial charge >= 0.3 is 0 Å². The average Bonchev–Trinajstić information content (AvgIpc) is 3.98. The van der Waals surface area contributed by atoms with Gasteiger partial charge in [0.15, 0.2) is 21.3 Å². The predicted octanol–water partition coefficient (Wildman–Crippen LogP) is 4.70. The number of nitro benzene ring substituents is 2. The Morgan fingerprint density at radius 3 is 2.01 bits per heavy atom. The number of anilines is 1. The van der Waals surface area contributed by atoms with E-state index < -0.39 is 121 Å². The third-order valence-corrected chi connectivity index (χ3v) is 17.9. The van der Waals surface area contributed by atoms with E-state index in [2.05, 4.69) is 5.32 Å². The summed E-state index contributed by atoms with van der Waals surface area (Å²) in [5, 5.41) is 27.8. The minimum absolute atomic E-state index is 0.00134. The molecule has 20 nitrogen and oxygen atoms in total. The molecule has 0 radical (unpaired) electrons. The fraction of sp³-hybridized carbons (Fsp3) is 0.348. The SMILES string of the molecule is CC(=O)[C@@]12O[C@@]34N(CCC[C@]3(C)C(=O)N(C(C(=O)NC(C)(C)C)c3cn(S(=O)(=O)c5ccccc5[N+](=O)[O-])c5ccccc35)C[C@]43c4ccccc4N(S(=O)(=O)c4ccccc4[N+](=O)[O-])[C@H]13)C2=O. The van der Waals surface area contributed by atoms with Crippen LogP contribution in [0.1, 0.15) is 64.6 Å². The number of nitrogens with one attached hydrogen (secondary N) is 1. The van der Waals surface area contributed by atoms with Crippen LogP contribution in [0.15, 0.2) is 113 Å². The molecule has 2 bridgehead atoms. The summed E-state index contributed by atoms with van der Waals surface area (Å²) in [5.41, 5.74) is -10.9. The first-order valence-corrected chi connectivity index (χ1v) is 24.5. The third-order valence-electron chi connectivity index (χ3n) is 14.3. The van der Waals surface area contributed by atoms with Gasteiger partial charge in [0.2, 0.25) is 17.4 Å². The molecule has 5 aliphatic rings. The van der Waals surface area contributed by atoms with E-state index in [9.17, 15) is 33.4 Å². The lowest BCUT2D eigenvalue weighted by atomic mass is 9.51. The number of piperidine rings is 3. The first-order valence-electron chi connectivity index (χ1n) is 21.6. The number of hydrogen-bond acceptors (Lipinski definition) is 13. The predicted molar refractivity (Wildman–Crippen MR) is 241 cm³/mol. The average molecular weight is 966 g/mol. The van der Waals surface area contributed by atoms with E-state index >= 15 is 22.8 Å². The summed E-state index contributed by atoms with van der Waals surface area (Å²) in [4.78, 5) is 85.4. The molecule has 10 rings (SSSR count). The van der Waals surface area contributed by atoms with Crippen molar-refractivity contribution in [3.63, 3.8) is 0 Å². The molecule has 1 aromatic heterocycles. The molecule has 6 heterocycles. The Balaban J connectivity index is 1.28. The highest BCUT2D eigenvalue weighted by molar-refractivity contribution is 7.93. The number of carbonyl (C=O) groups is 4. The van der Waals surface area contributed by atoms with Crippen LogP contribution in [0, 0.1) is 25.6 Å². The number of para-hydroxylation sites is 4. The lowest BCUT2D eigenvalue weighted by Gasteiger charge is -2.65. The highest BCUT2D eigenvalue weighted by Gasteiger charge is 2.94. The van der Waals surface area contributed by atoms with Crippen molar-refractivity contribution in [1.29, 1.82) is 0 Å². The molecule has 22 heteroatoms. The molecule has 4 saturated heterocycles. The molecule has 4 fully saturated rings. The Hall–Kier alpha value is -7.04. The van der Waals surface area contributed by atoms with Gasteiger partial charge in [0.1, 0.15) is 12.1 Å². The van der Waals surface area contributed by atoms with Crippen molar-refractivity contribution in [1.82, 2.24) is 19.1 Å². The topological polar surface area (TPSA) is 259 Å². The van der Waals surface area contributed by atoms with E-state index in [4.69, 9.17) is 4.74 Å². The molecule has 68 heavy (non-hydrogen) atoms. The summed E-state index contributed by atoms with van der Waals surface area (Å²) in [7, 11) is -9.96. The monoisotopic (exact) mass is 965 g/mol. The van der Waals surface area contributed by atoms with Gasteiger partial charge in [-0.3, -0.25) is 43.7 Å². The molecular formula is C46H43N7O13S2. The summed E-state index contributed by atoms with van der Waals surface area (Å²) in [6.07, 6.45) is 1.33. The number of benzene rings is 4. The number of aromatic nitrogens is 1. The fourth-order valence-electron chi connectivity index (χ4n) is 11.9. The van der Waals surface area contributed by atoms with Gasteiger partial charge in [-0.15, -0.1) is 0 Å². The summed E-state index contributed by atoms with van der Waals surface area (Å²) in [6.45, 7) is 7.08. The van der Waals surface area contributed by atoms with Gasteiger partial charge in [-0.1, -0.05) is 60.7 Å². The molecule has 2 spiro atoms. The van der Waals surface area contributed by atoms with E-state index in [1.165, 1.54) is 64.4 Å². The van der Waals surface area contributed by atoms with Gasteiger partial charge in [0.25, 0.3) is 37.3 Å². The number of hydrogen-bond donors (Lipinski definition) is 1. The number of Topliss-reactive ketones (excluding diaryl/α,β-unsaturated/α-hetero) is 1. The highest BCUT2D eigenvalue weighted by Crippen LogP contribution is 2.75. The summed E-state index contributed by atoms with van der Waals surface area (Å²) in [6, 6.07) is 18.1. The van der Waals surface area contributed by atoms with E-state index in [1.54, 1.807) is 45.9 Å². The van der Waals surface area contributed by atoms with Gasteiger partial charge in [-0.2, -0.15) is 0 Å². The number of amides is 3. The minimum atomic E-state index is -5.14. The number of nitrogens with zero attached hydrogens (tertiary/aromatic N) is 6. The maximum atomic E-state index is 16.1. The van der Waals surface area contributed by atoms with Crippen LogP contribution in [0.3, 0.4) is 0 Å². The standard InChI is InChI=1S/C46H43N7O13S2/c1-27(54)45-39-44(30-16-7-9-18-32(30)51(39)68(64,65)36-22-13-11-20-34(36)53(60)61)26-48(40(56)43(5)23-14-24-49(41(45)57)46(43,44)66-45)37(38(55)47-42(2,3)4)29-25-50(31-17-8-6-15-28(29)31)67(62,63)35-21-12-10-19-33(35)52(58)59/h6-13,15-22,25,37,39H,14,23-24,26H2,1-5H3,(H,47,55)/t37?,39-,43+,44+,45+,46-/m0/s1. The molecular weight excluding hydrogens is 923 g/mol. The number of sulfonamides is 1. The van der Waals surface area contributed by atoms with E-state index in [0.717, 1.165) is 45.7 Å². The minimum Gasteiger partial charge on any atom is -0.349 e. The molecule has 352 valence electrons. The van der Waals surface area contributed by atoms with Crippen LogP contribution in [0.25, 0.3) is 10.9 Å². The summed E-state index contributed by atoms with van der Waals surface area (Å²) < 4.78 is 69.0. The third kappa shape index (κ3) is 5.38. The van der Waals surface area contributed by atoms with Crippen molar-refractivity contribution in [2.45, 2.75) is 91.6 Å². The van der Waals surface area contributed by atoms with Gasteiger partial charge in [-0.05, 0) is 77.3 Å². The largest absolute Gasteiger partial charge is 0.349 e. The number of carbonyl (C=O) groups excluding carboxylic acids is 4. The van der Waals surface area contributed by atoms with Crippen LogP contribution >= 0.6 is 0 Å². The first kappa shape index (κ1) is 44.8. The Kier molecular flexibility index (Phi) is 9.38. The van der Waals surface area contributed by atoms with E-state index in [0.29, 0.717) is 0 Å². The maximum absolute atomic E-state index is 16.1. The Labute approximate surface area is 388 Å². The van der Waals surface area contributed by atoms with Crippen molar-refractivity contribution >= 4 is 71.5 Å². The van der Waals surface area contributed by atoms with E-state index in [1.807, 2.05) is 0 Å². The zero-order valence-electron chi connectivity index (χ0n) is 37.1. The highest BCUT2D eigenvalue weighted by atomic mass is 32.2. The molecule has 1 N–H and O–H groups in total. The summed E-state index contributed by atoms with van der Waals surface area (Å²) in [5.74, 6) is -3.33. The molecule has 6 atom stereocenters. The number of nitro groups is 2. The Morgan fingerprint density at radius 2 is 1.40 bits per heavy atom. The van der Waals surface area contributed by atoms with Crippen LogP contribution in [0.2, 0.25) is 0 Å². The van der Waals surface area contributed by atoms with Crippen molar-refractivity contribution in [3.8, 4) is 0 Å². The lowest BCUT2D eigenvalue weighted by molar-refractivity contribution is -0.388. The number of ketones is 1. The van der Waals surface area contributed by atoms with Crippen LogP contribution in [-0.4, -0.2) is 100.0 Å². The maximum Gasteiger partial charge on any atom is 0.289 e. The molecule has 4 aromatic carbocycles. The molecule has 0 aliphatic carbocycles. The number of fused-ring (bicyclic) bond motifs is 4. The number of likely N-dealkylation sites (tertiary alicyclic amines) is 1. The van der Waals surface area contributed by atoms with Crippen molar-refractivity contribution in [2.75, 3.05) is 17.4 Å². The van der Waals surface area contributed by atoms with Gasteiger partial charge < -0.3 is 19.9 Å². The zero-order chi connectivity index (χ0) is 48.9.